The van der Waals surface area contributed by atoms with Gasteiger partial charge < -0.3 is 10.1 Å². The molecule has 1 aliphatic rings. The monoisotopic (exact) mass is 275 g/mol. The van der Waals surface area contributed by atoms with Gasteiger partial charge >= 0.3 is 0 Å². The van der Waals surface area contributed by atoms with E-state index in [1.165, 1.54) is 0 Å². The van der Waals surface area contributed by atoms with Gasteiger partial charge in [0.25, 0.3) is 0 Å². The number of amides is 1. The zero-order valence-electron chi connectivity index (χ0n) is 12.7. The summed E-state index contributed by atoms with van der Waals surface area (Å²) in [6.45, 7) is 5.13. The minimum absolute atomic E-state index is 0.136. The smallest absolute Gasteiger partial charge is 0.230 e. The molecule has 1 amide bonds. The van der Waals surface area contributed by atoms with E-state index in [0.717, 1.165) is 43.6 Å². The maximum absolute atomic E-state index is 12.1. The van der Waals surface area contributed by atoms with Crippen molar-refractivity contribution < 1.29 is 9.53 Å². The summed E-state index contributed by atoms with van der Waals surface area (Å²) < 4.78 is 5.72. The molecule has 0 radical (unpaired) electrons. The molecule has 0 unspecified atom stereocenters. The number of ether oxygens (including phenoxy) is 1. The van der Waals surface area contributed by atoms with Gasteiger partial charge in [-0.05, 0) is 42.9 Å². The highest BCUT2D eigenvalue weighted by molar-refractivity contribution is 5.89. The Balaban J connectivity index is 2.02. The first kappa shape index (κ1) is 14.9. The van der Waals surface area contributed by atoms with Crippen LogP contribution in [0.3, 0.4) is 0 Å². The van der Waals surface area contributed by atoms with E-state index in [1.54, 1.807) is 7.05 Å². The molecular weight excluding hydrogens is 250 g/mol. The summed E-state index contributed by atoms with van der Waals surface area (Å²) in [6.07, 6.45) is 4.07. The maximum Gasteiger partial charge on any atom is 0.230 e. The highest BCUT2D eigenvalue weighted by Crippen LogP contribution is 2.44. The summed E-state index contributed by atoms with van der Waals surface area (Å²) >= 11 is 0. The van der Waals surface area contributed by atoms with Gasteiger partial charge in [0.15, 0.2) is 0 Å². The summed E-state index contributed by atoms with van der Waals surface area (Å²) in [4.78, 5) is 12.1. The number of rotatable bonds is 6. The second-order valence-corrected chi connectivity index (χ2v) is 6.07. The number of hydrogen-bond acceptors (Lipinski definition) is 2. The van der Waals surface area contributed by atoms with Gasteiger partial charge in [-0.15, -0.1) is 0 Å². The van der Waals surface area contributed by atoms with Crippen molar-refractivity contribution in [3.05, 3.63) is 29.8 Å². The van der Waals surface area contributed by atoms with Crippen LogP contribution >= 0.6 is 0 Å². The summed E-state index contributed by atoms with van der Waals surface area (Å²) in [6, 6.07) is 8.05. The first-order chi connectivity index (χ1) is 9.58. The van der Waals surface area contributed by atoms with Crippen LogP contribution in [0.2, 0.25) is 0 Å². The number of carbonyl (C=O) groups excluding carboxylic acids is 1. The molecule has 1 N–H and O–H groups in total. The third-order valence-corrected chi connectivity index (χ3v) is 4.24. The van der Waals surface area contributed by atoms with E-state index in [9.17, 15) is 4.79 Å². The number of hydrogen-bond donors (Lipinski definition) is 1. The van der Waals surface area contributed by atoms with Gasteiger partial charge in [-0.2, -0.15) is 0 Å². The Labute approximate surface area is 121 Å². The van der Waals surface area contributed by atoms with Gasteiger partial charge in [0.1, 0.15) is 5.75 Å². The largest absolute Gasteiger partial charge is 0.494 e. The van der Waals surface area contributed by atoms with Crippen LogP contribution in [0.25, 0.3) is 0 Å². The molecule has 0 spiro atoms. The van der Waals surface area contributed by atoms with Crippen LogP contribution in [-0.2, 0) is 10.2 Å². The third kappa shape index (κ3) is 2.97. The van der Waals surface area contributed by atoms with Gasteiger partial charge in [0, 0.05) is 7.05 Å². The van der Waals surface area contributed by atoms with E-state index in [2.05, 4.69) is 19.2 Å². The molecule has 0 aromatic heterocycles. The van der Waals surface area contributed by atoms with Gasteiger partial charge in [0.05, 0.1) is 12.0 Å². The Bertz CT molecular complexity index is 447. The van der Waals surface area contributed by atoms with Gasteiger partial charge in [0.2, 0.25) is 5.91 Å². The highest BCUT2D eigenvalue weighted by Gasteiger charge is 2.44. The summed E-state index contributed by atoms with van der Waals surface area (Å²) in [7, 11) is 1.71. The molecule has 0 heterocycles. The van der Waals surface area contributed by atoms with E-state index >= 15 is 0 Å². The lowest BCUT2D eigenvalue weighted by molar-refractivity contribution is -0.129. The molecule has 3 heteroatoms. The third-order valence-electron chi connectivity index (χ3n) is 4.24. The van der Waals surface area contributed by atoms with Crippen molar-refractivity contribution in [3.63, 3.8) is 0 Å². The predicted octanol–water partition coefficient (Wildman–Crippen LogP) is 3.28. The predicted molar refractivity (Wildman–Crippen MR) is 81.0 cm³/mol. The van der Waals surface area contributed by atoms with Gasteiger partial charge in [-0.1, -0.05) is 32.4 Å². The van der Waals surface area contributed by atoms with Crippen molar-refractivity contribution in [3.8, 4) is 5.75 Å². The molecule has 1 aliphatic carbocycles. The lowest BCUT2D eigenvalue weighted by Crippen LogP contribution is -2.48. The van der Waals surface area contributed by atoms with Crippen molar-refractivity contribution in [2.75, 3.05) is 13.7 Å². The lowest BCUT2D eigenvalue weighted by Gasteiger charge is -2.40. The van der Waals surface area contributed by atoms with Crippen LogP contribution in [0.5, 0.6) is 5.75 Å². The Kier molecular flexibility index (Phi) is 4.69. The standard InChI is InChI=1S/C17H25NO2/c1-13(2)9-12-20-15-7-5-14(6-8-15)17(10-4-11-17)16(19)18-3/h5-8,13H,4,9-12H2,1-3H3,(H,18,19). The van der Waals surface area contributed by atoms with E-state index in [4.69, 9.17) is 4.74 Å². The minimum atomic E-state index is -0.300. The second kappa shape index (κ2) is 6.29. The minimum Gasteiger partial charge on any atom is -0.494 e. The molecule has 20 heavy (non-hydrogen) atoms. The number of nitrogens with one attached hydrogen (secondary N) is 1. The van der Waals surface area contributed by atoms with Crippen molar-refractivity contribution in [1.29, 1.82) is 0 Å². The molecule has 3 nitrogen and oxygen atoms in total. The van der Waals surface area contributed by atoms with Crippen LogP contribution in [0, 0.1) is 5.92 Å². The highest BCUT2D eigenvalue weighted by atomic mass is 16.5. The van der Waals surface area contributed by atoms with E-state index in [1.807, 2.05) is 24.3 Å². The fourth-order valence-electron chi connectivity index (χ4n) is 2.70. The normalized spacial score (nSPS) is 16.6. The fraction of sp³-hybridized carbons (Fsp3) is 0.588. The SMILES string of the molecule is CNC(=O)C1(c2ccc(OCCC(C)C)cc2)CCC1. The molecule has 1 aromatic rings. The second-order valence-electron chi connectivity index (χ2n) is 6.07. The molecule has 0 saturated heterocycles. The van der Waals surface area contributed by atoms with Crippen LogP contribution in [0.1, 0.15) is 45.1 Å². The topological polar surface area (TPSA) is 38.3 Å². The van der Waals surface area contributed by atoms with E-state index < -0.39 is 0 Å². The van der Waals surface area contributed by atoms with Gasteiger partial charge in [-0.25, -0.2) is 0 Å². The molecule has 1 aromatic carbocycles. The molecule has 1 saturated carbocycles. The Morgan fingerprint density at radius 2 is 1.95 bits per heavy atom. The first-order valence-corrected chi connectivity index (χ1v) is 7.54. The quantitative estimate of drug-likeness (QED) is 0.865. The Hall–Kier alpha value is -1.51. The summed E-state index contributed by atoms with van der Waals surface area (Å²) in [5.74, 6) is 1.68. The van der Waals surface area contributed by atoms with Crippen molar-refractivity contribution >= 4 is 5.91 Å². The fourth-order valence-corrected chi connectivity index (χ4v) is 2.70. The molecule has 0 bridgehead atoms. The molecule has 0 atom stereocenters. The van der Waals surface area contributed by atoms with Crippen molar-refractivity contribution in [2.24, 2.45) is 5.92 Å². The molecule has 110 valence electrons. The zero-order valence-corrected chi connectivity index (χ0v) is 12.7. The molecule has 0 aliphatic heterocycles. The Morgan fingerprint density at radius 3 is 2.40 bits per heavy atom. The molecular formula is C17H25NO2. The van der Waals surface area contributed by atoms with Crippen LogP contribution in [0.4, 0.5) is 0 Å². The zero-order chi connectivity index (χ0) is 14.6. The Morgan fingerprint density at radius 1 is 1.30 bits per heavy atom. The number of carbonyl (C=O) groups is 1. The maximum atomic E-state index is 12.1. The number of benzene rings is 1. The van der Waals surface area contributed by atoms with Crippen LogP contribution in [-0.4, -0.2) is 19.6 Å². The molecule has 1 fully saturated rings. The lowest BCUT2D eigenvalue weighted by atomic mass is 9.64. The molecule has 2 rings (SSSR count). The van der Waals surface area contributed by atoms with Crippen molar-refractivity contribution in [1.82, 2.24) is 5.32 Å². The first-order valence-electron chi connectivity index (χ1n) is 7.54. The van der Waals surface area contributed by atoms with Crippen molar-refractivity contribution in [2.45, 2.75) is 44.9 Å². The average Bonchev–Trinajstić information content (AvgIpc) is 2.38. The van der Waals surface area contributed by atoms with E-state index in [0.29, 0.717) is 5.92 Å². The van der Waals surface area contributed by atoms with Crippen LogP contribution in [0.15, 0.2) is 24.3 Å². The summed E-state index contributed by atoms with van der Waals surface area (Å²) in [5.41, 5.74) is 0.810. The van der Waals surface area contributed by atoms with Crippen LogP contribution < -0.4 is 10.1 Å². The van der Waals surface area contributed by atoms with E-state index in [-0.39, 0.29) is 11.3 Å². The van der Waals surface area contributed by atoms with Gasteiger partial charge in [-0.3, -0.25) is 4.79 Å². The number of likely N-dealkylation sites (N-methyl/N-ethyl adjacent to an activating group) is 1. The average molecular weight is 275 g/mol. The summed E-state index contributed by atoms with van der Waals surface area (Å²) in [5, 5.41) is 2.80.